The Morgan fingerprint density at radius 1 is 0.905 bits per heavy atom. The zero-order valence-electron chi connectivity index (χ0n) is 25.5. The Bertz CT molecular complexity index is 1490. The van der Waals surface area contributed by atoms with Gasteiger partial charge < -0.3 is 14.4 Å². The molecular formula is C37H41NO4. The van der Waals surface area contributed by atoms with E-state index in [0.29, 0.717) is 35.9 Å². The van der Waals surface area contributed by atoms with E-state index >= 15 is 0 Å². The Morgan fingerprint density at radius 2 is 1.52 bits per heavy atom. The SMILES string of the molecule is CC1(C)OC(=O)c2ccc(N(Cc3ccc(C#Cc4ccc(C(C)(C)C)cc4)cc3)C(=O)CCC3CCCC3)cc2O1. The molecule has 5 nitrogen and oxygen atoms in total. The third-order valence-corrected chi connectivity index (χ3v) is 8.13. The molecule has 5 heteroatoms. The number of nitrogens with zero attached hydrogens (tertiary/aromatic N) is 1. The zero-order chi connectivity index (χ0) is 29.9. The Morgan fingerprint density at radius 3 is 2.14 bits per heavy atom. The molecular weight excluding hydrogens is 522 g/mol. The van der Waals surface area contributed by atoms with Crippen molar-refractivity contribution in [1.29, 1.82) is 0 Å². The summed E-state index contributed by atoms with van der Waals surface area (Å²) >= 11 is 0. The van der Waals surface area contributed by atoms with Gasteiger partial charge in [-0.3, -0.25) is 4.79 Å². The maximum absolute atomic E-state index is 13.6. The predicted octanol–water partition coefficient (Wildman–Crippen LogP) is 8.17. The fourth-order valence-electron chi connectivity index (χ4n) is 5.65. The van der Waals surface area contributed by atoms with E-state index in [0.717, 1.165) is 23.1 Å². The first-order valence-electron chi connectivity index (χ1n) is 15.1. The molecule has 0 N–H and O–H groups in total. The lowest BCUT2D eigenvalue weighted by molar-refractivity contribution is -0.127. The van der Waals surface area contributed by atoms with Gasteiger partial charge in [-0.25, -0.2) is 4.79 Å². The Balaban J connectivity index is 1.34. The number of benzene rings is 3. The summed E-state index contributed by atoms with van der Waals surface area (Å²) < 4.78 is 11.3. The van der Waals surface area contributed by atoms with Crippen LogP contribution in [0.3, 0.4) is 0 Å². The molecule has 3 aromatic rings. The van der Waals surface area contributed by atoms with Crippen LogP contribution < -0.4 is 9.64 Å². The largest absolute Gasteiger partial charge is 0.452 e. The third kappa shape index (κ3) is 7.23. The van der Waals surface area contributed by atoms with Gasteiger partial charge in [-0.1, -0.05) is 82.6 Å². The van der Waals surface area contributed by atoms with Crippen molar-refractivity contribution >= 4 is 17.6 Å². The van der Waals surface area contributed by atoms with Gasteiger partial charge in [0, 0.05) is 43.1 Å². The van der Waals surface area contributed by atoms with E-state index in [-0.39, 0.29) is 11.3 Å². The molecule has 0 saturated heterocycles. The fraction of sp³-hybridized carbons (Fsp3) is 0.405. The van der Waals surface area contributed by atoms with Gasteiger partial charge in [-0.2, -0.15) is 0 Å². The van der Waals surface area contributed by atoms with Crippen molar-refractivity contribution in [3.8, 4) is 17.6 Å². The zero-order valence-corrected chi connectivity index (χ0v) is 25.5. The van der Waals surface area contributed by atoms with E-state index in [2.05, 4.69) is 56.9 Å². The summed E-state index contributed by atoms with van der Waals surface area (Å²) in [4.78, 5) is 27.9. The first-order valence-corrected chi connectivity index (χ1v) is 15.1. The van der Waals surface area contributed by atoms with E-state index < -0.39 is 11.8 Å². The van der Waals surface area contributed by atoms with Gasteiger partial charge >= 0.3 is 5.97 Å². The second-order valence-electron chi connectivity index (χ2n) is 13.0. The van der Waals surface area contributed by atoms with E-state index in [1.807, 2.05) is 29.2 Å². The van der Waals surface area contributed by atoms with Crippen molar-refractivity contribution in [2.24, 2.45) is 5.92 Å². The highest BCUT2D eigenvalue weighted by Gasteiger charge is 2.34. The standard InChI is InChI=1S/C37H41NO4/c1-36(2,3)30-19-16-28(17-20-30)11-10-27-12-14-29(15-13-27)25-38(34(39)23-18-26-8-6-7-9-26)31-21-22-32-33(24-31)41-37(4,5)42-35(32)40/h12-17,19-22,24,26H,6-9,18,23,25H2,1-5H3. The molecule has 1 fully saturated rings. The van der Waals surface area contributed by atoms with Crippen LogP contribution in [0.4, 0.5) is 5.69 Å². The molecule has 5 rings (SSSR count). The Labute approximate surface area is 250 Å². The van der Waals surface area contributed by atoms with Crippen LogP contribution in [0.25, 0.3) is 0 Å². The fourth-order valence-corrected chi connectivity index (χ4v) is 5.65. The summed E-state index contributed by atoms with van der Waals surface area (Å²) in [6, 6.07) is 21.8. The lowest BCUT2D eigenvalue weighted by Crippen LogP contribution is -2.39. The molecule has 0 unspecified atom stereocenters. The van der Waals surface area contributed by atoms with E-state index in [1.54, 1.807) is 32.0 Å². The van der Waals surface area contributed by atoms with Crippen LogP contribution in [0.1, 0.15) is 106 Å². The highest BCUT2D eigenvalue weighted by molar-refractivity contribution is 5.97. The molecule has 0 atom stereocenters. The molecule has 0 bridgehead atoms. The molecule has 1 amide bonds. The number of anilines is 1. The van der Waals surface area contributed by atoms with Gasteiger partial charge in [-0.15, -0.1) is 0 Å². The third-order valence-electron chi connectivity index (χ3n) is 8.13. The normalized spacial score (nSPS) is 16.1. The van der Waals surface area contributed by atoms with Crippen molar-refractivity contribution in [3.63, 3.8) is 0 Å². The van der Waals surface area contributed by atoms with E-state index in [1.165, 1.54) is 31.2 Å². The first-order chi connectivity index (χ1) is 20.0. The van der Waals surface area contributed by atoms with Gasteiger partial charge in [0.15, 0.2) is 0 Å². The van der Waals surface area contributed by atoms with Crippen molar-refractivity contribution in [2.75, 3.05) is 4.90 Å². The Hall–Kier alpha value is -4.04. The molecule has 1 aliphatic carbocycles. The number of cyclic esters (lactones) is 1. The molecule has 1 aliphatic heterocycles. The second-order valence-corrected chi connectivity index (χ2v) is 13.0. The monoisotopic (exact) mass is 563 g/mol. The van der Waals surface area contributed by atoms with Crippen LogP contribution in [0.5, 0.6) is 5.75 Å². The van der Waals surface area contributed by atoms with Crippen molar-refractivity contribution in [3.05, 3.63) is 94.5 Å². The van der Waals surface area contributed by atoms with Crippen LogP contribution in [0.2, 0.25) is 0 Å². The Kier molecular flexibility index (Phi) is 8.45. The molecule has 1 saturated carbocycles. The lowest BCUT2D eigenvalue weighted by Gasteiger charge is -2.32. The number of ether oxygens (including phenoxy) is 2. The minimum Gasteiger partial charge on any atom is -0.452 e. The molecule has 3 aromatic carbocycles. The maximum atomic E-state index is 13.6. The summed E-state index contributed by atoms with van der Waals surface area (Å²) in [7, 11) is 0. The number of esters is 1. The summed E-state index contributed by atoms with van der Waals surface area (Å²) in [6.45, 7) is 10.4. The summed E-state index contributed by atoms with van der Waals surface area (Å²) in [5, 5.41) is 0. The molecule has 0 aromatic heterocycles. The number of carbonyl (C=O) groups excluding carboxylic acids is 2. The molecule has 0 radical (unpaired) electrons. The molecule has 0 spiro atoms. The second kappa shape index (κ2) is 12.1. The number of fused-ring (bicyclic) bond motifs is 1. The molecule has 1 heterocycles. The average Bonchev–Trinajstić information content (AvgIpc) is 3.47. The number of rotatable bonds is 6. The highest BCUT2D eigenvalue weighted by atomic mass is 16.7. The van der Waals surface area contributed by atoms with Crippen LogP contribution in [0, 0.1) is 17.8 Å². The smallest absolute Gasteiger partial charge is 0.345 e. The van der Waals surface area contributed by atoms with Gasteiger partial charge in [0.25, 0.3) is 0 Å². The predicted molar refractivity (Wildman–Crippen MR) is 167 cm³/mol. The molecule has 42 heavy (non-hydrogen) atoms. The average molecular weight is 564 g/mol. The summed E-state index contributed by atoms with van der Waals surface area (Å²) in [6.07, 6.45) is 6.33. The van der Waals surface area contributed by atoms with E-state index in [9.17, 15) is 9.59 Å². The number of hydrogen-bond donors (Lipinski definition) is 0. The van der Waals surface area contributed by atoms with Crippen LogP contribution in [0.15, 0.2) is 66.7 Å². The van der Waals surface area contributed by atoms with Gasteiger partial charge in [-0.05, 0) is 65.3 Å². The maximum Gasteiger partial charge on any atom is 0.345 e. The number of amides is 1. The molecule has 2 aliphatic rings. The van der Waals surface area contributed by atoms with Crippen molar-refractivity contribution < 1.29 is 19.1 Å². The van der Waals surface area contributed by atoms with Gasteiger partial charge in [0.2, 0.25) is 11.7 Å². The lowest BCUT2D eigenvalue weighted by atomic mass is 9.87. The quantitative estimate of drug-likeness (QED) is 0.224. The van der Waals surface area contributed by atoms with Crippen LogP contribution in [-0.4, -0.2) is 17.7 Å². The van der Waals surface area contributed by atoms with Crippen molar-refractivity contribution in [2.45, 2.75) is 90.9 Å². The van der Waals surface area contributed by atoms with Gasteiger partial charge in [0.05, 0.1) is 6.54 Å². The molecule has 218 valence electrons. The summed E-state index contributed by atoms with van der Waals surface area (Å²) in [5.41, 5.74) is 5.37. The number of carbonyl (C=O) groups is 2. The first kappa shape index (κ1) is 29.5. The topological polar surface area (TPSA) is 55.8 Å². The number of hydrogen-bond acceptors (Lipinski definition) is 4. The van der Waals surface area contributed by atoms with Gasteiger partial charge in [0.1, 0.15) is 11.3 Å². The summed E-state index contributed by atoms with van der Waals surface area (Å²) in [5.74, 6) is 6.17. The van der Waals surface area contributed by atoms with E-state index in [4.69, 9.17) is 9.47 Å². The van der Waals surface area contributed by atoms with Crippen molar-refractivity contribution in [1.82, 2.24) is 0 Å². The minimum atomic E-state index is -1.06. The van der Waals surface area contributed by atoms with Crippen LogP contribution in [-0.2, 0) is 21.5 Å². The van der Waals surface area contributed by atoms with Crippen LogP contribution >= 0.6 is 0 Å². The minimum absolute atomic E-state index is 0.0714. The highest BCUT2D eigenvalue weighted by Crippen LogP contribution is 2.35.